The van der Waals surface area contributed by atoms with E-state index in [1.54, 1.807) is 0 Å². The van der Waals surface area contributed by atoms with Crippen molar-refractivity contribution in [3.8, 4) is 0 Å². The van der Waals surface area contributed by atoms with Gasteiger partial charge in [0.2, 0.25) is 0 Å². The summed E-state index contributed by atoms with van der Waals surface area (Å²) in [4.78, 5) is 0. The monoisotopic (exact) mass is 277 g/mol. The van der Waals surface area contributed by atoms with E-state index in [0.717, 1.165) is 32.5 Å². The van der Waals surface area contributed by atoms with Crippen molar-refractivity contribution in [2.24, 2.45) is 0 Å². The third-order valence-corrected chi connectivity index (χ3v) is 4.18. The number of nitrogens with one attached hydrogen (secondary N) is 1. The minimum absolute atomic E-state index is 0.0186. The second kappa shape index (κ2) is 7.09. The van der Waals surface area contributed by atoms with Gasteiger partial charge in [-0.25, -0.2) is 0 Å². The fourth-order valence-electron chi connectivity index (χ4n) is 2.72. The highest BCUT2D eigenvalue weighted by atomic mass is 16.5. The Hall–Kier alpha value is -1.06. The lowest BCUT2D eigenvalue weighted by Gasteiger charge is -2.38. The second-order valence-corrected chi connectivity index (χ2v) is 5.78. The Morgan fingerprint density at radius 1 is 1.35 bits per heavy atom. The number of hydrogen-bond acceptors (Lipinski definition) is 3. The highest BCUT2D eigenvalue weighted by molar-refractivity contribution is 5.51. The Balaban J connectivity index is 2.02. The van der Waals surface area contributed by atoms with Gasteiger partial charge in [0.15, 0.2) is 0 Å². The molecule has 112 valence electrons. The van der Waals surface area contributed by atoms with Crippen LogP contribution in [0.4, 0.5) is 5.69 Å². The van der Waals surface area contributed by atoms with Crippen molar-refractivity contribution in [1.29, 1.82) is 0 Å². The number of anilines is 1. The lowest BCUT2D eigenvalue weighted by molar-refractivity contribution is -0.0709. The minimum Gasteiger partial charge on any atom is -0.382 e. The van der Waals surface area contributed by atoms with Gasteiger partial charge in [-0.05, 0) is 39.2 Å². The lowest BCUT2D eigenvalue weighted by Crippen LogP contribution is -2.42. The van der Waals surface area contributed by atoms with Crippen LogP contribution in [0.3, 0.4) is 0 Å². The lowest BCUT2D eigenvalue weighted by atomic mass is 9.89. The third-order valence-electron chi connectivity index (χ3n) is 4.18. The SMILES string of the molecule is CCOCc1ccccc1NC1CCOC(C)(CC)C1. The molecule has 0 bridgehead atoms. The van der Waals surface area contributed by atoms with E-state index in [1.807, 2.05) is 6.92 Å². The van der Waals surface area contributed by atoms with Crippen LogP contribution in [0.5, 0.6) is 0 Å². The molecular formula is C17H27NO2. The highest BCUT2D eigenvalue weighted by Crippen LogP contribution is 2.30. The molecule has 3 nitrogen and oxygen atoms in total. The molecule has 1 aliphatic heterocycles. The van der Waals surface area contributed by atoms with Gasteiger partial charge in [0, 0.05) is 30.5 Å². The molecule has 0 saturated carbocycles. The first-order valence-corrected chi connectivity index (χ1v) is 7.73. The average Bonchev–Trinajstić information content (AvgIpc) is 2.46. The zero-order valence-corrected chi connectivity index (χ0v) is 12.9. The Kier molecular flexibility index (Phi) is 5.44. The third kappa shape index (κ3) is 3.97. The van der Waals surface area contributed by atoms with Crippen LogP contribution in [0.1, 0.15) is 45.6 Å². The predicted octanol–water partition coefficient (Wildman–Crippen LogP) is 3.98. The van der Waals surface area contributed by atoms with E-state index >= 15 is 0 Å². The predicted molar refractivity (Wildman–Crippen MR) is 83.1 cm³/mol. The van der Waals surface area contributed by atoms with E-state index in [4.69, 9.17) is 9.47 Å². The molecule has 1 heterocycles. The van der Waals surface area contributed by atoms with Crippen LogP contribution >= 0.6 is 0 Å². The van der Waals surface area contributed by atoms with Crippen LogP contribution in [0.25, 0.3) is 0 Å². The van der Waals surface area contributed by atoms with Crippen LogP contribution in [-0.2, 0) is 16.1 Å². The Morgan fingerprint density at radius 2 is 2.15 bits per heavy atom. The molecule has 0 aromatic heterocycles. The molecule has 0 aliphatic carbocycles. The number of para-hydroxylation sites is 1. The maximum absolute atomic E-state index is 5.91. The maximum Gasteiger partial charge on any atom is 0.0736 e. The number of benzene rings is 1. The van der Waals surface area contributed by atoms with Crippen molar-refractivity contribution >= 4 is 5.69 Å². The van der Waals surface area contributed by atoms with E-state index in [1.165, 1.54) is 11.3 Å². The summed E-state index contributed by atoms with van der Waals surface area (Å²) in [5.41, 5.74) is 2.45. The molecule has 20 heavy (non-hydrogen) atoms. The fraction of sp³-hybridized carbons (Fsp3) is 0.647. The first-order valence-electron chi connectivity index (χ1n) is 7.73. The van der Waals surface area contributed by atoms with Gasteiger partial charge in [-0.1, -0.05) is 25.1 Å². The number of rotatable bonds is 6. The molecule has 1 aromatic rings. The van der Waals surface area contributed by atoms with Crippen molar-refractivity contribution in [2.45, 2.75) is 58.3 Å². The van der Waals surface area contributed by atoms with Crippen molar-refractivity contribution in [3.05, 3.63) is 29.8 Å². The van der Waals surface area contributed by atoms with E-state index < -0.39 is 0 Å². The smallest absolute Gasteiger partial charge is 0.0736 e. The van der Waals surface area contributed by atoms with Crippen LogP contribution in [0.15, 0.2) is 24.3 Å². The van der Waals surface area contributed by atoms with Crippen LogP contribution in [0.2, 0.25) is 0 Å². The zero-order chi connectivity index (χ0) is 14.4. The molecule has 2 unspecified atom stereocenters. The molecule has 1 aliphatic rings. The van der Waals surface area contributed by atoms with E-state index in [0.29, 0.717) is 12.6 Å². The summed E-state index contributed by atoms with van der Waals surface area (Å²) >= 11 is 0. The van der Waals surface area contributed by atoms with Crippen LogP contribution in [0, 0.1) is 0 Å². The van der Waals surface area contributed by atoms with Gasteiger partial charge in [-0.2, -0.15) is 0 Å². The standard InChI is InChI=1S/C17H27NO2/c1-4-17(3)12-15(10-11-20-17)18-16-9-7-6-8-14(16)13-19-5-2/h6-9,15,18H,4-5,10-13H2,1-3H3. The second-order valence-electron chi connectivity index (χ2n) is 5.78. The molecule has 0 amide bonds. The molecule has 2 rings (SSSR count). The molecule has 1 saturated heterocycles. The molecule has 0 spiro atoms. The van der Waals surface area contributed by atoms with Crippen LogP contribution in [-0.4, -0.2) is 24.9 Å². The molecule has 1 aromatic carbocycles. The van der Waals surface area contributed by atoms with Gasteiger partial charge in [-0.15, -0.1) is 0 Å². The van der Waals surface area contributed by atoms with Gasteiger partial charge in [0.25, 0.3) is 0 Å². The summed E-state index contributed by atoms with van der Waals surface area (Å²) < 4.78 is 11.5. The summed E-state index contributed by atoms with van der Waals surface area (Å²) in [5.74, 6) is 0. The summed E-state index contributed by atoms with van der Waals surface area (Å²) in [5, 5.41) is 3.69. The summed E-state index contributed by atoms with van der Waals surface area (Å²) in [6, 6.07) is 8.91. The quantitative estimate of drug-likeness (QED) is 0.853. The first kappa shape index (κ1) is 15.3. The fourth-order valence-corrected chi connectivity index (χ4v) is 2.72. The number of hydrogen-bond donors (Lipinski definition) is 1. The molecule has 1 N–H and O–H groups in total. The summed E-state index contributed by atoms with van der Waals surface area (Å²) in [7, 11) is 0. The molecular weight excluding hydrogens is 250 g/mol. The molecule has 3 heteroatoms. The topological polar surface area (TPSA) is 30.5 Å². The number of ether oxygens (including phenoxy) is 2. The van der Waals surface area contributed by atoms with Gasteiger partial charge >= 0.3 is 0 Å². The highest BCUT2D eigenvalue weighted by Gasteiger charge is 2.31. The molecule has 1 fully saturated rings. The average molecular weight is 277 g/mol. The molecule has 0 radical (unpaired) electrons. The van der Waals surface area contributed by atoms with Crippen molar-refractivity contribution in [3.63, 3.8) is 0 Å². The normalized spacial score (nSPS) is 26.4. The van der Waals surface area contributed by atoms with Crippen molar-refractivity contribution < 1.29 is 9.47 Å². The van der Waals surface area contributed by atoms with Gasteiger partial charge in [0.1, 0.15) is 0 Å². The maximum atomic E-state index is 5.91. The minimum atomic E-state index is 0.0186. The van der Waals surface area contributed by atoms with Crippen LogP contribution < -0.4 is 5.32 Å². The van der Waals surface area contributed by atoms with Crippen molar-refractivity contribution in [2.75, 3.05) is 18.5 Å². The zero-order valence-electron chi connectivity index (χ0n) is 12.9. The van der Waals surface area contributed by atoms with Gasteiger partial charge < -0.3 is 14.8 Å². The first-order chi connectivity index (χ1) is 9.67. The summed E-state index contributed by atoms with van der Waals surface area (Å²) in [6.07, 6.45) is 3.19. The summed E-state index contributed by atoms with van der Waals surface area (Å²) in [6.45, 7) is 8.71. The largest absolute Gasteiger partial charge is 0.382 e. The Labute approximate surface area is 122 Å². The Morgan fingerprint density at radius 3 is 2.90 bits per heavy atom. The van der Waals surface area contributed by atoms with E-state index in [2.05, 4.69) is 43.4 Å². The van der Waals surface area contributed by atoms with Gasteiger partial charge in [0.05, 0.1) is 12.2 Å². The van der Waals surface area contributed by atoms with E-state index in [9.17, 15) is 0 Å². The van der Waals surface area contributed by atoms with Gasteiger partial charge in [-0.3, -0.25) is 0 Å². The van der Waals surface area contributed by atoms with E-state index in [-0.39, 0.29) is 5.60 Å². The Bertz CT molecular complexity index is 421. The van der Waals surface area contributed by atoms with Crippen molar-refractivity contribution in [1.82, 2.24) is 0 Å². The molecule has 2 atom stereocenters.